The summed E-state index contributed by atoms with van der Waals surface area (Å²) in [4.78, 5) is 22.7. The summed E-state index contributed by atoms with van der Waals surface area (Å²) in [7, 11) is 1.63. The van der Waals surface area contributed by atoms with Gasteiger partial charge >= 0.3 is 6.18 Å². The van der Waals surface area contributed by atoms with E-state index in [4.69, 9.17) is 4.74 Å². The fraction of sp³-hybridized carbons (Fsp3) is 0.308. The van der Waals surface area contributed by atoms with Crippen LogP contribution in [-0.4, -0.2) is 42.7 Å². The Morgan fingerprint density at radius 1 is 1.25 bits per heavy atom. The van der Waals surface area contributed by atoms with Crippen molar-refractivity contribution in [1.29, 1.82) is 5.26 Å². The maximum Gasteiger partial charge on any atom is 0.433 e. The normalized spacial score (nSPS) is 15.2. The number of carbonyl (C=O) groups excluding carboxylic acids is 1. The van der Waals surface area contributed by atoms with E-state index in [0.29, 0.717) is 31.8 Å². The first-order valence-corrected chi connectivity index (χ1v) is 11.3. The number of amides is 1. The number of hydrogen-bond donors (Lipinski definition) is 1. The molecule has 0 fully saturated rings. The molecule has 1 amide bonds. The highest BCUT2D eigenvalue weighted by Gasteiger charge is 2.33. The molecule has 0 spiro atoms. The Labute approximate surface area is 206 Å². The van der Waals surface area contributed by atoms with E-state index in [-0.39, 0.29) is 11.5 Å². The molecule has 1 N–H and O–H groups in total. The molecule has 0 saturated carbocycles. The fourth-order valence-electron chi connectivity index (χ4n) is 4.16. The highest BCUT2D eigenvalue weighted by atomic mass is 19.4. The van der Waals surface area contributed by atoms with Gasteiger partial charge in [-0.25, -0.2) is 0 Å². The molecule has 10 heteroatoms. The van der Waals surface area contributed by atoms with Crippen molar-refractivity contribution in [3.63, 3.8) is 0 Å². The van der Waals surface area contributed by atoms with Crippen LogP contribution in [0.25, 0.3) is 11.1 Å². The van der Waals surface area contributed by atoms with E-state index in [0.717, 1.165) is 40.3 Å². The molecule has 2 aromatic heterocycles. The van der Waals surface area contributed by atoms with Gasteiger partial charge in [-0.2, -0.15) is 18.4 Å². The van der Waals surface area contributed by atoms with Crippen LogP contribution in [0.3, 0.4) is 0 Å². The third-order valence-corrected chi connectivity index (χ3v) is 6.04. The molecule has 1 unspecified atom stereocenters. The Morgan fingerprint density at radius 3 is 2.78 bits per heavy atom. The zero-order chi connectivity index (χ0) is 25.9. The Hall–Kier alpha value is -3.97. The lowest BCUT2D eigenvalue weighted by Crippen LogP contribution is -2.37. The Kier molecular flexibility index (Phi) is 7.22. The number of carbonyl (C=O) groups is 1. The van der Waals surface area contributed by atoms with Gasteiger partial charge in [0.05, 0.1) is 30.0 Å². The predicted molar refractivity (Wildman–Crippen MR) is 128 cm³/mol. The second kappa shape index (κ2) is 10.3. The zero-order valence-electron chi connectivity index (χ0n) is 19.8. The maximum absolute atomic E-state index is 13.0. The molecule has 36 heavy (non-hydrogen) atoms. The summed E-state index contributed by atoms with van der Waals surface area (Å²) in [5.41, 5.74) is 3.52. The number of rotatable bonds is 6. The average Bonchev–Trinajstić information content (AvgIpc) is 2.87. The highest BCUT2D eigenvalue weighted by Crippen LogP contribution is 2.34. The minimum Gasteiger partial charge on any atom is -0.383 e. The Morgan fingerprint density at radius 2 is 2.06 bits per heavy atom. The second-order valence-corrected chi connectivity index (χ2v) is 8.57. The van der Waals surface area contributed by atoms with E-state index in [1.807, 2.05) is 19.1 Å². The number of halogens is 3. The number of nitrogens with zero attached hydrogens (tertiary/aromatic N) is 4. The molecule has 0 saturated heterocycles. The number of nitriles is 1. The van der Waals surface area contributed by atoms with Crippen LogP contribution in [0.2, 0.25) is 0 Å². The van der Waals surface area contributed by atoms with Gasteiger partial charge in [0, 0.05) is 55.8 Å². The van der Waals surface area contributed by atoms with Gasteiger partial charge in [0.25, 0.3) is 5.91 Å². The van der Waals surface area contributed by atoms with Gasteiger partial charge in [0.1, 0.15) is 5.69 Å². The van der Waals surface area contributed by atoms with Crippen molar-refractivity contribution < 1.29 is 22.7 Å². The summed E-state index contributed by atoms with van der Waals surface area (Å²) in [6.45, 7) is 3.63. The van der Waals surface area contributed by atoms with Crippen LogP contribution in [0.4, 0.5) is 24.5 Å². The van der Waals surface area contributed by atoms with Gasteiger partial charge in [0.15, 0.2) is 0 Å². The third-order valence-electron chi connectivity index (χ3n) is 6.04. The van der Waals surface area contributed by atoms with E-state index >= 15 is 0 Å². The fourth-order valence-corrected chi connectivity index (χ4v) is 4.16. The van der Waals surface area contributed by atoms with Gasteiger partial charge < -0.3 is 15.0 Å². The second-order valence-electron chi connectivity index (χ2n) is 8.57. The standard InChI is InChI=1S/C26H24F3N5O2/c1-16-3-4-20(33-25(35)18-5-6-31-24(11-18)26(27,28)29)12-21(16)19-10-23-22(32-14-19)9-17(13-30)15-34(23)7-8-36-2/h3-6,10-12,14,17H,7-9,15H2,1-2H3,(H,33,35). The number of pyridine rings is 2. The molecule has 0 aliphatic carbocycles. The Bertz CT molecular complexity index is 1320. The molecule has 4 rings (SSSR count). The first kappa shape index (κ1) is 25.1. The topological polar surface area (TPSA) is 91.1 Å². The number of ether oxygens (including phenoxy) is 1. The zero-order valence-corrected chi connectivity index (χ0v) is 19.8. The summed E-state index contributed by atoms with van der Waals surface area (Å²) in [5.74, 6) is -0.825. The van der Waals surface area contributed by atoms with E-state index in [9.17, 15) is 23.2 Å². The lowest BCUT2D eigenvalue weighted by atomic mass is 9.94. The average molecular weight is 496 g/mol. The van der Waals surface area contributed by atoms with Crippen LogP contribution < -0.4 is 10.2 Å². The number of fused-ring (bicyclic) bond motifs is 1. The van der Waals surface area contributed by atoms with Gasteiger partial charge in [-0.05, 0) is 48.4 Å². The largest absolute Gasteiger partial charge is 0.433 e. The molecule has 1 aliphatic rings. The molecule has 7 nitrogen and oxygen atoms in total. The van der Waals surface area contributed by atoms with Crippen molar-refractivity contribution in [3.05, 3.63) is 71.3 Å². The maximum atomic E-state index is 13.0. The SMILES string of the molecule is COCCN1CC(C#N)Cc2ncc(-c3cc(NC(=O)c4ccnc(C(F)(F)F)c4)ccc3C)cc21. The molecule has 3 heterocycles. The molecule has 0 bridgehead atoms. The number of hydrogen-bond acceptors (Lipinski definition) is 6. The van der Waals surface area contributed by atoms with Crippen LogP contribution in [0.5, 0.6) is 0 Å². The van der Waals surface area contributed by atoms with Crippen molar-refractivity contribution in [2.24, 2.45) is 5.92 Å². The van der Waals surface area contributed by atoms with Gasteiger partial charge in [-0.3, -0.25) is 14.8 Å². The summed E-state index contributed by atoms with van der Waals surface area (Å²) in [6, 6.07) is 11.6. The van der Waals surface area contributed by atoms with E-state index < -0.39 is 17.8 Å². The number of nitrogens with one attached hydrogen (secondary N) is 1. The van der Waals surface area contributed by atoms with E-state index in [1.54, 1.807) is 25.4 Å². The smallest absolute Gasteiger partial charge is 0.383 e. The van der Waals surface area contributed by atoms with Crippen LogP contribution in [0.15, 0.2) is 48.8 Å². The van der Waals surface area contributed by atoms with Crippen LogP contribution in [0.1, 0.15) is 27.3 Å². The van der Waals surface area contributed by atoms with Crippen LogP contribution >= 0.6 is 0 Å². The summed E-state index contributed by atoms with van der Waals surface area (Å²) in [6.07, 6.45) is -1.38. The number of aromatic nitrogens is 2. The van der Waals surface area contributed by atoms with Gasteiger partial charge in [-0.15, -0.1) is 0 Å². The minimum atomic E-state index is -4.64. The van der Waals surface area contributed by atoms with E-state index in [1.165, 1.54) is 6.07 Å². The van der Waals surface area contributed by atoms with Gasteiger partial charge in [-0.1, -0.05) is 6.07 Å². The van der Waals surface area contributed by atoms with Crippen LogP contribution in [0, 0.1) is 24.2 Å². The van der Waals surface area contributed by atoms with Crippen molar-refractivity contribution >= 4 is 17.3 Å². The first-order valence-electron chi connectivity index (χ1n) is 11.3. The van der Waals surface area contributed by atoms with Gasteiger partial charge in [0.2, 0.25) is 0 Å². The van der Waals surface area contributed by atoms with Crippen molar-refractivity contribution in [2.45, 2.75) is 19.5 Å². The monoisotopic (exact) mass is 495 g/mol. The molecular weight excluding hydrogens is 471 g/mol. The number of anilines is 2. The lowest BCUT2D eigenvalue weighted by molar-refractivity contribution is -0.141. The van der Waals surface area contributed by atoms with E-state index in [2.05, 4.69) is 26.3 Å². The summed E-state index contributed by atoms with van der Waals surface area (Å²) < 4.78 is 44.2. The summed E-state index contributed by atoms with van der Waals surface area (Å²) >= 11 is 0. The quantitative estimate of drug-likeness (QED) is 0.525. The molecule has 3 aromatic rings. The first-order chi connectivity index (χ1) is 17.2. The molecule has 186 valence electrons. The number of methoxy groups -OCH3 is 1. The van der Waals surface area contributed by atoms with Crippen molar-refractivity contribution in [1.82, 2.24) is 9.97 Å². The van der Waals surface area contributed by atoms with Crippen LogP contribution in [-0.2, 0) is 17.3 Å². The van der Waals surface area contributed by atoms with Crippen molar-refractivity contribution in [3.8, 4) is 17.2 Å². The molecule has 1 atom stereocenters. The predicted octanol–water partition coefficient (Wildman–Crippen LogP) is 4.87. The molecule has 1 aromatic carbocycles. The summed E-state index contributed by atoms with van der Waals surface area (Å²) in [5, 5.41) is 12.1. The number of benzene rings is 1. The molecule has 1 aliphatic heterocycles. The lowest BCUT2D eigenvalue weighted by Gasteiger charge is -2.33. The Balaban J connectivity index is 1.62. The third kappa shape index (κ3) is 5.47. The number of aryl methyl sites for hydroxylation is 1. The highest BCUT2D eigenvalue weighted by molar-refractivity contribution is 6.04. The minimum absolute atomic E-state index is 0.143. The number of alkyl halides is 3. The molecular formula is C26H24F3N5O2. The molecule has 0 radical (unpaired) electrons. The van der Waals surface area contributed by atoms with Crippen molar-refractivity contribution in [2.75, 3.05) is 37.0 Å².